The van der Waals surface area contributed by atoms with Crippen LogP contribution in [0.3, 0.4) is 0 Å². The number of hydrogen-bond donors (Lipinski definition) is 2. The summed E-state index contributed by atoms with van der Waals surface area (Å²) < 4.78 is 1.22. The number of H-pyrrole nitrogens is 1. The number of carbonyl (C=O) groups is 1. The van der Waals surface area contributed by atoms with E-state index in [1.165, 1.54) is 27.7 Å². The molecule has 3 aromatic carbocycles. The van der Waals surface area contributed by atoms with Crippen molar-refractivity contribution >= 4 is 40.6 Å². The van der Waals surface area contributed by atoms with Crippen molar-refractivity contribution in [1.82, 2.24) is 9.55 Å². The number of anilines is 2. The summed E-state index contributed by atoms with van der Waals surface area (Å²) in [7, 11) is 0. The molecule has 4 rings (SSSR count). The molecule has 0 saturated carbocycles. The first-order chi connectivity index (χ1) is 16.3. The highest BCUT2D eigenvalue weighted by atomic mass is 35.5. The molecule has 7 nitrogen and oxygen atoms in total. The van der Waals surface area contributed by atoms with Crippen molar-refractivity contribution in [2.75, 3.05) is 10.6 Å². The Labute approximate surface area is 205 Å². The number of nitrogens with two attached hydrogens (primary N) is 1. The van der Waals surface area contributed by atoms with Crippen molar-refractivity contribution < 1.29 is 4.79 Å². The van der Waals surface area contributed by atoms with Crippen LogP contribution in [0.5, 0.6) is 0 Å². The Kier molecular flexibility index (Phi) is 6.86. The van der Waals surface area contributed by atoms with E-state index >= 15 is 0 Å². The van der Waals surface area contributed by atoms with Crippen LogP contribution in [-0.4, -0.2) is 15.5 Å². The van der Waals surface area contributed by atoms with Gasteiger partial charge in [-0.25, -0.2) is 4.79 Å². The highest BCUT2D eigenvalue weighted by Gasteiger charge is 2.27. The number of nitrogen functional groups attached to an aromatic ring is 1. The van der Waals surface area contributed by atoms with Gasteiger partial charge in [-0.1, -0.05) is 83.9 Å². The van der Waals surface area contributed by atoms with Crippen molar-refractivity contribution in [1.29, 1.82) is 0 Å². The third-order valence-electron chi connectivity index (χ3n) is 5.26. The van der Waals surface area contributed by atoms with Gasteiger partial charge in [0.25, 0.3) is 11.5 Å². The highest BCUT2D eigenvalue weighted by Crippen LogP contribution is 2.27. The fourth-order valence-corrected chi connectivity index (χ4v) is 4.08. The monoisotopic (exact) mass is 494 g/mol. The fourth-order valence-electron chi connectivity index (χ4n) is 3.59. The van der Waals surface area contributed by atoms with E-state index < -0.39 is 17.2 Å². The summed E-state index contributed by atoms with van der Waals surface area (Å²) in [6.07, 6.45) is 0. The SMILES string of the molecule is Nc1c(N(Cc2ccccc2)C(=O)c2ccc(Cl)cc2Cl)c(=O)[nH]c(=O)n1Cc1ccccc1. The van der Waals surface area contributed by atoms with Crippen molar-refractivity contribution in [3.8, 4) is 0 Å². The summed E-state index contributed by atoms with van der Waals surface area (Å²) >= 11 is 12.3. The van der Waals surface area contributed by atoms with Gasteiger partial charge in [0, 0.05) is 5.02 Å². The maximum absolute atomic E-state index is 13.6. The molecular weight excluding hydrogens is 475 g/mol. The molecule has 34 heavy (non-hydrogen) atoms. The van der Waals surface area contributed by atoms with E-state index in [1.54, 1.807) is 0 Å². The summed E-state index contributed by atoms with van der Waals surface area (Å²) in [5.41, 5.74) is 6.46. The third kappa shape index (κ3) is 4.90. The molecule has 9 heteroatoms. The van der Waals surface area contributed by atoms with Crippen LogP contribution >= 0.6 is 23.2 Å². The van der Waals surface area contributed by atoms with E-state index in [2.05, 4.69) is 4.98 Å². The predicted octanol–water partition coefficient (Wildman–Crippen LogP) is 4.32. The van der Waals surface area contributed by atoms with E-state index in [-0.39, 0.29) is 35.2 Å². The highest BCUT2D eigenvalue weighted by molar-refractivity contribution is 6.37. The summed E-state index contributed by atoms with van der Waals surface area (Å²) in [6, 6.07) is 22.7. The standard InChI is InChI=1S/C25H20Cl2N4O3/c26-18-11-12-19(20(27)13-18)24(33)30(14-16-7-3-1-4-8-16)21-22(28)31(25(34)29-23(21)32)15-17-9-5-2-6-10-17/h1-13H,14-15,28H2,(H,29,32,34). The quantitative estimate of drug-likeness (QED) is 0.416. The zero-order chi connectivity index (χ0) is 24.2. The van der Waals surface area contributed by atoms with Crippen molar-refractivity contribution in [2.24, 2.45) is 0 Å². The Morgan fingerprint density at radius 1 is 0.912 bits per heavy atom. The summed E-state index contributed by atoms with van der Waals surface area (Å²) in [4.78, 5) is 42.7. The van der Waals surface area contributed by atoms with Gasteiger partial charge in [-0.3, -0.25) is 24.0 Å². The molecular formula is C25H20Cl2N4O3. The molecule has 0 bridgehead atoms. The Morgan fingerprint density at radius 2 is 1.53 bits per heavy atom. The number of hydrogen-bond acceptors (Lipinski definition) is 4. The summed E-state index contributed by atoms with van der Waals surface area (Å²) in [5.74, 6) is -0.695. The molecule has 1 heterocycles. The molecule has 3 N–H and O–H groups in total. The first-order valence-electron chi connectivity index (χ1n) is 10.3. The molecule has 0 spiro atoms. The molecule has 172 valence electrons. The van der Waals surface area contributed by atoms with Gasteiger partial charge in [-0.05, 0) is 29.3 Å². The van der Waals surface area contributed by atoms with Crippen molar-refractivity contribution in [3.63, 3.8) is 0 Å². The van der Waals surface area contributed by atoms with Crippen LogP contribution in [0.25, 0.3) is 0 Å². The number of amides is 1. The van der Waals surface area contributed by atoms with Crippen LogP contribution in [0.4, 0.5) is 11.5 Å². The van der Waals surface area contributed by atoms with Crippen LogP contribution < -0.4 is 21.9 Å². The second kappa shape index (κ2) is 9.99. The van der Waals surface area contributed by atoms with E-state index in [1.807, 2.05) is 60.7 Å². The van der Waals surface area contributed by atoms with Gasteiger partial charge in [0.15, 0.2) is 5.69 Å². The molecule has 0 aliphatic heterocycles. The largest absolute Gasteiger partial charge is 0.383 e. The lowest BCUT2D eigenvalue weighted by molar-refractivity contribution is 0.0985. The number of nitrogens with zero attached hydrogens (tertiary/aromatic N) is 2. The Hall–Kier alpha value is -3.81. The minimum absolute atomic E-state index is 0.0233. The molecule has 1 amide bonds. The Morgan fingerprint density at radius 3 is 2.15 bits per heavy atom. The lowest BCUT2D eigenvalue weighted by Gasteiger charge is -2.25. The van der Waals surface area contributed by atoms with Gasteiger partial charge in [0.1, 0.15) is 5.82 Å². The first-order valence-corrected chi connectivity index (χ1v) is 11.1. The normalized spacial score (nSPS) is 10.8. The number of rotatable bonds is 6. The van der Waals surface area contributed by atoms with Gasteiger partial charge in [-0.2, -0.15) is 0 Å². The minimum Gasteiger partial charge on any atom is -0.383 e. The van der Waals surface area contributed by atoms with E-state index in [4.69, 9.17) is 28.9 Å². The Bertz CT molecular complexity index is 1450. The van der Waals surface area contributed by atoms with Gasteiger partial charge < -0.3 is 5.73 Å². The second-order valence-corrected chi connectivity index (χ2v) is 8.41. The van der Waals surface area contributed by atoms with Crippen LogP contribution in [0.2, 0.25) is 10.0 Å². The average Bonchev–Trinajstić information content (AvgIpc) is 2.82. The number of halogens is 2. The molecule has 1 aromatic heterocycles. The number of carbonyl (C=O) groups excluding carboxylic acids is 1. The van der Waals surface area contributed by atoms with E-state index in [0.29, 0.717) is 5.02 Å². The van der Waals surface area contributed by atoms with E-state index in [0.717, 1.165) is 11.1 Å². The number of aromatic nitrogens is 2. The lowest BCUT2D eigenvalue weighted by Crippen LogP contribution is -2.41. The maximum atomic E-state index is 13.6. The molecule has 0 aliphatic carbocycles. The number of aromatic amines is 1. The topological polar surface area (TPSA) is 101 Å². The van der Waals surface area contributed by atoms with Crippen LogP contribution in [0, 0.1) is 0 Å². The molecule has 0 radical (unpaired) electrons. The molecule has 0 unspecified atom stereocenters. The molecule has 0 fully saturated rings. The number of nitrogens with one attached hydrogen (secondary N) is 1. The lowest BCUT2D eigenvalue weighted by atomic mass is 10.1. The van der Waals surface area contributed by atoms with Gasteiger partial charge in [0.05, 0.1) is 23.7 Å². The second-order valence-electron chi connectivity index (χ2n) is 7.57. The van der Waals surface area contributed by atoms with Crippen LogP contribution in [0.15, 0.2) is 88.5 Å². The zero-order valence-electron chi connectivity index (χ0n) is 17.9. The molecule has 0 saturated heterocycles. The molecule has 4 aromatic rings. The van der Waals surface area contributed by atoms with Crippen LogP contribution in [0.1, 0.15) is 21.5 Å². The average molecular weight is 495 g/mol. The fraction of sp³-hybridized carbons (Fsp3) is 0.0800. The maximum Gasteiger partial charge on any atom is 0.330 e. The smallest absolute Gasteiger partial charge is 0.330 e. The van der Waals surface area contributed by atoms with Gasteiger partial charge >= 0.3 is 5.69 Å². The predicted molar refractivity (Wildman–Crippen MR) is 135 cm³/mol. The Balaban J connectivity index is 1.87. The molecule has 0 atom stereocenters. The first kappa shape index (κ1) is 23.4. The minimum atomic E-state index is -0.777. The van der Waals surface area contributed by atoms with E-state index in [9.17, 15) is 14.4 Å². The van der Waals surface area contributed by atoms with Crippen LogP contribution in [-0.2, 0) is 13.1 Å². The summed E-state index contributed by atoms with van der Waals surface area (Å²) in [6.45, 7) is 0.139. The van der Waals surface area contributed by atoms with Crippen molar-refractivity contribution in [2.45, 2.75) is 13.1 Å². The van der Waals surface area contributed by atoms with Gasteiger partial charge in [-0.15, -0.1) is 0 Å². The third-order valence-corrected chi connectivity index (χ3v) is 5.81. The number of benzene rings is 3. The zero-order valence-corrected chi connectivity index (χ0v) is 19.4. The van der Waals surface area contributed by atoms with Crippen molar-refractivity contribution in [3.05, 3.63) is 126 Å². The summed E-state index contributed by atoms with van der Waals surface area (Å²) in [5, 5.41) is 0.494. The molecule has 0 aliphatic rings. The van der Waals surface area contributed by atoms with Gasteiger partial charge in [0.2, 0.25) is 0 Å².